The Bertz CT molecular complexity index is 539. The number of halogens is 2. The Hall–Kier alpha value is -1.75. The first kappa shape index (κ1) is 9.47. The molecule has 0 radical (unpaired) electrons. The van der Waals surface area contributed by atoms with E-state index in [9.17, 15) is 13.6 Å². The fourth-order valence-corrected chi connectivity index (χ4v) is 2.03. The van der Waals surface area contributed by atoms with Crippen LogP contribution in [0, 0.1) is 11.6 Å². The van der Waals surface area contributed by atoms with Gasteiger partial charge in [-0.3, -0.25) is 4.79 Å². The van der Waals surface area contributed by atoms with Crippen molar-refractivity contribution in [2.75, 3.05) is 5.32 Å². The van der Waals surface area contributed by atoms with Gasteiger partial charge in [0.1, 0.15) is 17.7 Å². The monoisotopic (exact) mass is 222 g/mol. The predicted octanol–water partition coefficient (Wildman–Crippen LogP) is 1.27. The molecule has 2 atom stereocenters. The zero-order chi connectivity index (χ0) is 11.4. The van der Waals surface area contributed by atoms with Crippen LogP contribution in [0.1, 0.15) is 11.5 Å². The number of allylic oxidation sites excluding steroid dienone is 1. The fourth-order valence-electron chi connectivity index (χ4n) is 2.03. The molecule has 0 saturated carbocycles. The van der Waals surface area contributed by atoms with E-state index >= 15 is 0 Å². The second-order valence-electron chi connectivity index (χ2n) is 3.96. The maximum absolute atomic E-state index is 13.5. The van der Waals surface area contributed by atoms with E-state index in [1.54, 1.807) is 6.08 Å². The molecular weight excluding hydrogens is 214 g/mol. The Kier molecular flexibility index (Phi) is 1.71. The molecule has 2 aliphatic rings. The molecule has 82 valence electrons. The van der Waals surface area contributed by atoms with Gasteiger partial charge >= 0.3 is 0 Å². The highest BCUT2D eigenvalue weighted by atomic mass is 19.1. The Morgan fingerprint density at radius 3 is 2.81 bits per heavy atom. The maximum Gasteiger partial charge on any atom is 0.245 e. The standard InChI is InChI=1S/C11H8F2N2O/c12-4-1-7-5-3-6(5)9(14)11(16)15-10(7)8(13)2-4/h1-3,5,9H,14H2,(H,15,16)/t5-,9+/m1/s1. The lowest BCUT2D eigenvalue weighted by molar-refractivity contribution is -0.116. The van der Waals surface area contributed by atoms with Gasteiger partial charge in [0.05, 0.1) is 5.69 Å². The van der Waals surface area contributed by atoms with Crippen molar-refractivity contribution in [1.29, 1.82) is 0 Å². The summed E-state index contributed by atoms with van der Waals surface area (Å²) in [5.41, 5.74) is 6.83. The van der Waals surface area contributed by atoms with E-state index in [0.717, 1.165) is 11.6 Å². The molecular formula is C11H8F2N2O. The first-order chi connectivity index (χ1) is 7.58. The molecule has 1 amide bonds. The number of carbonyl (C=O) groups excluding carboxylic acids is 1. The van der Waals surface area contributed by atoms with E-state index in [1.165, 1.54) is 6.07 Å². The second kappa shape index (κ2) is 2.89. The molecule has 0 fully saturated rings. The molecule has 0 bridgehead atoms. The number of amides is 1. The summed E-state index contributed by atoms with van der Waals surface area (Å²) in [4.78, 5) is 11.5. The van der Waals surface area contributed by atoms with Gasteiger partial charge in [0.15, 0.2) is 0 Å². The molecule has 0 saturated heterocycles. The summed E-state index contributed by atoms with van der Waals surface area (Å²) in [7, 11) is 0. The lowest BCUT2D eigenvalue weighted by atomic mass is 10.0. The topological polar surface area (TPSA) is 55.1 Å². The van der Waals surface area contributed by atoms with Crippen molar-refractivity contribution in [1.82, 2.24) is 0 Å². The van der Waals surface area contributed by atoms with Crippen LogP contribution in [0.4, 0.5) is 14.5 Å². The SMILES string of the molecule is N[C@@H]1C(=O)Nc2c(F)cc(F)cc2[C@@H]2C=C12. The summed E-state index contributed by atoms with van der Waals surface area (Å²) in [5.74, 6) is -2.08. The van der Waals surface area contributed by atoms with E-state index in [-0.39, 0.29) is 11.6 Å². The largest absolute Gasteiger partial charge is 0.322 e. The molecule has 3 N–H and O–H groups in total. The van der Waals surface area contributed by atoms with Gasteiger partial charge < -0.3 is 11.1 Å². The summed E-state index contributed by atoms with van der Waals surface area (Å²) >= 11 is 0. The van der Waals surface area contributed by atoms with Crippen LogP contribution in [0.15, 0.2) is 23.8 Å². The third-order valence-corrected chi connectivity index (χ3v) is 2.92. The van der Waals surface area contributed by atoms with Crippen LogP contribution in [0.25, 0.3) is 0 Å². The lowest BCUT2D eigenvalue weighted by Crippen LogP contribution is -2.34. The molecule has 1 heterocycles. The Morgan fingerprint density at radius 2 is 2.06 bits per heavy atom. The minimum absolute atomic E-state index is 0.0376. The molecule has 0 aromatic heterocycles. The van der Waals surface area contributed by atoms with Crippen LogP contribution < -0.4 is 11.1 Å². The van der Waals surface area contributed by atoms with Crippen molar-refractivity contribution >= 4 is 11.6 Å². The minimum Gasteiger partial charge on any atom is -0.322 e. The van der Waals surface area contributed by atoms with Crippen LogP contribution in [-0.2, 0) is 4.79 Å². The summed E-state index contributed by atoms with van der Waals surface area (Å²) in [6.45, 7) is 0. The highest BCUT2D eigenvalue weighted by Crippen LogP contribution is 2.46. The van der Waals surface area contributed by atoms with Gasteiger partial charge in [0.2, 0.25) is 5.91 Å². The van der Waals surface area contributed by atoms with E-state index in [4.69, 9.17) is 5.73 Å². The number of fused-ring (bicyclic) bond motifs is 3. The smallest absolute Gasteiger partial charge is 0.245 e. The quantitative estimate of drug-likeness (QED) is 0.649. The van der Waals surface area contributed by atoms with Gasteiger partial charge in [0, 0.05) is 12.0 Å². The number of carbonyl (C=O) groups is 1. The number of nitrogens with two attached hydrogens (primary N) is 1. The molecule has 5 heteroatoms. The Morgan fingerprint density at radius 1 is 1.31 bits per heavy atom. The summed E-state index contributed by atoms with van der Waals surface area (Å²) in [6, 6.07) is 1.21. The van der Waals surface area contributed by atoms with Crippen LogP contribution in [0.2, 0.25) is 0 Å². The second-order valence-corrected chi connectivity index (χ2v) is 3.96. The number of benzene rings is 1. The molecule has 1 aromatic carbocycles. The van der Waals surface area contributed by atoms with E-state index in [1.807, 2.05) is 0 Å². The summed E-state index contributed by atoms with van der Waals surface area (Å²) in [5, 5.41) is 2.38. The maximum atomic E-state index is 13.5. The number of anilines is 1. The third kappa shape index (κ3) is 1.18. The van der Waals surface area contributed by atoms with E-state index in [0.29, 0.717) is 5.56 Å². The lowest BCUT2D eigenvalue weighted by Gasteiger charge is -2.09. The molecule has 1 aliphatic carbocycles. The van der Waals surface area contributed by atoms with E-state index in [2.05, 4.69) is 5.32 Å². The van der Waals surface area contributed by atoms with Gasteiger partial charge in [-0.1, -0.05) is 6.08 Å². The Labute approximate surface area is 89.9 Å². The molecule has 0 spiro atoms. The number of hydrogen-bond donors (Lipinski definition) is 2. The molecule has 3 nitrogen and oxygen atoms in total. The van der Waals surface area contributed by atoms with Crippen molar-refractivity contribution in [3.8, 4) is 0 Å². The fraction of sp³-hybridized carbons (Fsp3) is 0.182. The highest BCUT2D eigenvalue weighted by Gasteiger charge is 2.40. The molecule has 1 aliphatic heterocycles. The third-order valence-electron chi connectivity index (χ3n) is 2.92. The summed E-state index contributed by atoms with van der Waals surface area (Å²) < 4.78 is 26.6. The van der Waals surface area contributed by atoms with Gasteiger partial charge in [-0.05, 0) is 17.2 Å². The first-order valence-corrected chi connectivity index (χ1v) is 4.85. The number of hydrogen-bond acceptors (Lipinski definition) is 2. The zero-order valence-electron chi connectivity index (χ0n) is 8.13. The van der Waals surface area contributed by atoms with Crippen LogP contribution in [0.3, 0.4) is 0 Å². The first-order valence-electron chi connectivity index (χ1n) is 4.85. The predicted molar refractivity (Wildman–Crippen MR) is 53.8 cm³/mol. The molecule has 3 rings (SSSR count). The molecule has 16 heavy (non-hydrogen) atoms. The van der Waals surface area contributed by atoms with Crippen LogP contribution in [0.5, 0.6) is 0 Å². The van der Waals surface area contributed by atoms with E-state index < -0.39 is 23.6 Å². The number of nitrogens with one attached hydrogen (secondary N) is 1. The summed E-state index contributed by atoms with van der Waals surface area (Å²) in [6.07, 6.45) is 1.75. The van der Waals surface area contributed by atoms with Crippen LogP contribution in [-0.4, -0.2) is 11.9 Å². The van der Waals surface area contributed by atoms with Crippen LogP contribution >= 0.6 is 0 Å². The molecule has 1 aromatic rings. The average Bonchev–Trinajstić information content (AvgIpc) is 2.99. The normalized spacial score (nSPS) is 26.2. The van der Waals surface area contributed by atoms with Gasteiger partial charge in [-0.15, -0.1) is 0 Å². The van der Waals surface area contributed by atoms with Gasteiger partial charge in [0.25, 0.3) is 0 Å². The van der Waals surface area contributed by atoms with Crippen molar-refractivity contribution in [3.63, 3.8) is 0 Å². The minimum atomic E-state index is -0.767. The van der Waals surface area contributed by atoms with Gasteiger partial charge in [-0.25, -0.2) is 8.78 Å². The molecule has 0 unspecified atom stereocenters. The number of rotatable bonds is 0. The average molecular weight is 222 g/mol. The van der Waals surface area contributed by atoms with Crippen molar-refractivity contribution in [2.45, 2.75) is 12.0 Å². The highest BCUT2D eigenvalue weighted by molar-refractivity contribution is 6.01. The van der Waals surface area contributed by atoms with Gasteiger partial charge in [-0.2, -0.15) is 0 Å². The zero-order valence-corrected chi connectivity index (χ0v) is 8.13. The van der Waals surface area contributed by atoms with Crippen molar-refractivity contribution in [3.05, 3.63) is 41.0 Å². The van der Waals surface area contributed by atoms with Crippen molar-refractivity contribution in [2.24, 2.45) is 5.73 Å². The van der Waals surface area contributed by atoms with Crippen molar-refractivity contribution < 1.29 is 13.6 Å². The Balaban J connectivity index is 2.17.